The predicted molar refractivity (Wildman–Crippen MR) is 104 cm³/mol. The van der Waals surface area contributed by atoms with Crippen LogP contribution in [0.25, 0.3) is 11.5 Å². The minimum atomic E-state index is -0.256. The number of oxazole rings is 1. The molecule has 3 rings (SSSR count). The van der Waals surface area contributed by atoms with Crippen molar-refractivity contribution in [1.29, 1.82) is 0 Å². The molecule has 0 unspecified atom stereocenters. The summed E-state index contributed by atoms with van der Waals surface area (Å²) in [6.45, 7) is 1.79. The molecule has 1 N–H and O–H groups in total. The summed E-state index contributed by atoms with van der Waals surface area (Å²) in [7, 11) is 3.00. The van der Waals surface area contributed by atoms with Crippen LogP contribution in [0, 0.1) is 6.92 Å². The molecule has 0 aliphatic rings. The van der Waals surface area contributed by atoms with Crippen molar-refractivity contribution in [2.24, 2.45) is 0 Å². The summed E-state index contributed by atoms with van der Waals surface area (Å²) < 4.78 is 16.2. The molecule has 1 heterocycles. The second-order valence-corrected chi connectivity index (χ2v) is 6.21. The van der Waals surface area contributed by atoms with Gasteiger partial charge in [-0.1, -0.05) is 29.8 Å². The summed E-state index contributed by atoms with van der Waals surface area (Å²) >= 11 is 6.09. The van der Waals surface area contributed by atoms with E-state index in [1.165, 1.54) is 14.2 Å². The first kappa shape index (κ1) is 18.8. The standard InChI is InChI=1S/C20H19ClN2O4/c1-12-15(23-20(27-12)13-7-5-4-6-8-13)11-19(24)22-16-10-17(25-2)14(21)9-18(16)26-3/h4-10H,11H2,1-3H3,(H,22,24). The molecule has 27 heavy (non-hydrogen) atoms. The van der Waals surface area contributed by atoms with Crippen LogP contribution in [-0.4, -0.2) is 25.1 Å². The monoisotopic (exact) mass is 386 g/mol. The second kappa shape index (κ2) is 8.14. The summed E-state index contributed by atoms with van der Waals surface area (Å²) in [5.41, 5.74) is 1.90. The van der Waals surface area contributed by atoms with E-state index in [9.17, 15) is 4.79 Å². The molecule has 0 atom stereocenters. The first-order chi connectivity index (χ1) is 13.0. The second-order valence-electron chi connectivity index (χ2n) is 5.80. The summed E-state index contributed by atoms with van der Waals surface area (Å²) in [5, 5.41) is 3.20. The van der Waals surface area contributed by atoms with E-state index < -0.39 is 0 Å². The third-order valence-electron chi connectivity index (χ3n) is 3.99. The van der Waals surface area contributed by atoms with E-state index in [0.717, 1.165) is 5.56 Å². The molecule has 0 saturated carbocycles. The molecular weight excluding hydrogens is 368 g/mol. The molecule has 0 aliphatic heterocycles. The molecule has 0 radical (unpaired) electrons. The minimum Gasteiger partial charge on any atom is -0.495 e. The lowest BCUT2D eigenvalue weighted by Gasteiger charge is -2.12. The number of aromatic nitrogens is 1. The van der Waals surface area contributed by atoms with Crippen LogP contribution < -0.4 is 14.8 Å². The normalized spacial score (nSPS) is 10.5. The smallest absolute Gasteiger partial charge is 0.230 e. The summed E-state index contributed by atoms with van der Waals surface area (Å²) in [4.78, 5) is 17.0. The Kier molecular flexibility index (Phi) is 5.66. The van der Waals surface area contributed by atoms with Gasteiger partial charge < -0.3 is 19.2 Å². The fraction of sp³-hybridized carbons (Fsp3) is 0.200. The zero-order valence-corrected chi connectivity index (χ0v) is 16.0. The van der Waals surface area contributed by atoms with Crippen molar-refractivity contribution in [3.63, 3.8) is 0 Å². The van der Waals surface area contributed by atoms with E-state index in [0.29, 0.717) is 39.6 Å². The van der Waals surface area contributed by atoms with Gasteiger partial charge in [0.15, 0.2) is 0 Å². The van der Waals surface area contributed by atoms with Crippen molar-refractivity contribution in [1.82, 2.24) is 4.98 Å². The average Bonchev–Trinajstić information content (AvgIpc) is 3.03. The quantitative estimate of drug-likeness (QED) is 0.675. The number of nitrogens with zero attached hydrogens (tertiary/aromatic N) is 1. The van der Waals surface area contributed by atoms with Crippen molar-refractivity contribution < 1.29 is 18.7 Å². The number of carbonyl (C=O) groups excluding carboxylic acids is 1. The Labute approximate surface area is 162 Å². The average molecular weight is 387 g/mol. The van der Waals surface area contributed by atoms with Crippen LogP contribution in [0.5, 0.6) is 11.5 Å². The fourth-order valence-electron chi connectivity index (χ4n) is 2.60. The zero-order chi connectivity index (χ0) is 19.4. The van der Waals surface area contributed by atoms with Gasteiger partial charge in [-0.2, -0.15) is 0 Å². The first-order valence-corrected chi connectivity index (χ1v) is 8.62. The number of aryl methyl sites for hydroxylation is 1. The van der Waals surface area contributed by atoms with Gasteiger partial charge in [0, 0.05) is 17.7 Å². The SMILES string of the molecule is COc1cc(NC(=O)Cc2nc(-c3ccccc3)oc2C)c(OC)cc1Cl. The number of amides is 1. The number of anilines is 1. The Hall–Kier alpha value is -2.99. The Morgan fingerprint density at radius 3 is 2.52 bits per heavy atom. The number of halogens is 1. The van der Waals surface area contributed by atoms with E-state index in [4.69, 9.17) is 25.5 Å². The van der Waals surface area contributed by atoms with Crippen molar-refractivity contribution >= 4 is 23.2 Å². The molecule has 1 amide bonds. The molecule has 0 spiro atoms. The molecule has 1 aromatic heterocycles. The third kappa shape index (κ3) is 4.23. The fourth-order valence-corrected chi connectivity index (χ4v) is 2.83. The predicted octanol–water partition coefficient (Wildman–Crippen LogP) is 4.50. The van der Waals surface area contributed by atoms with E-state index >= 15 is 0 Å². The number of hydrogen-bond donors (Lipinski definition) is 1. The van der Waals surface area contributed by atoms with Crippen LogP contribution in [0.1, 0.15) is 11.5 Å². The minimum absolute atomic E-state index is 0.0657. The van der Waals surface area contributed by atoms with Gasteiger partial charge in [-0.3, -0.25) is 4.79 Å². The van der Waals surface area contributed by atoms with Gasteiger partial charge in [-0.15, -0.1) is 0 Å². The number of rotatable bonds is 6. The van der Waals surface area contributed by atoms with Crippen LogP contribution >= 0.6 is 11.6 Å². The van der Waals surface area contributed by atoms with Crippen LogP contribution in [0.2, 0.25) is 5.02 Å². The lowest BCUT2D eigenvalue weighted by Crippen LogP contribution is -2.16. The van der Waals surface area contributed by atoms with Crippen LogP contribution in [0.4, 0.5) is 5.69 Å². The van der Waals surface area contributed by atoms with Crippen LogP contribution in [-0.2, 0) is 11.2 Å². The van der Waals surface area contributed by atoms with Crippen molar-refractivity contribution in [2.45, 2.75) is 13.3 Å². The van der Waals surface area contributed by atoms with Gasteiger partial charge in [-0.05, 0) is 19.1 Å². The molecule has 0 fully saturated rings. The zero-order valence-electron chi connectivity index (χ0n) is 15.2. The van der Waals surface area contributed by atoms with Crippen molar-refractivity contribution in [3.8, 4) is 23.0 Å². The molecule has 3 aromatic rings. The van der Waals surface area contributed by atoms with E-state index in [1.807, 2.05) is 30.3 Å². The van der Waals surface area contributed by atoms with Gasteiger partial charge in [0.1, 0.15) is 17.3 Å². The number of nitrogens with one attached hydrogen (secondary N) is 1. The molecule has 2 aromatic carbocycles. The molecular formula is C20H19ClN2O4. The number of hydrogen-bond acceptors (Lipinski definition) is 5. The molecule has 0 aliphatic carbocycles. The molecule has 7 heteroatoms. The van der Waals surface area contributed by atoms with E-state index in [-0.39, 0.29) is 12.3 Å². The van der Waals surface area contributed by atoms with Gasteiger partial charge in [-0.25, -0.2) is 4.98 Å². The highest BCUT2D eigenvalue weighted by atomic mass is 35.5. The summed E-state index contributed by atoms with van der Waals surface area (Å²) in [6.07, 6.45) is 0.0657. The maximum atomic E-state index is 12.5. The number of benzene rings is 2. The van der Waals surface area contributed by atoms with Gasteiger partial charge >= 0.3 is 0 Å². The lowest BCUT2D eigenvalue weighted by atomic mass is 10.2. The van der Waals surface area contributed by atoms with Crippen LogP contribution in [0.15, 0.2) is 46.9 Å². The molecule has 0 bridgehead atoms. The highest BCUT2D eigenvalue weighted by Crippen LogP contribution is 2.36. The largest absolute Gasteiger partial charge is 0.495 e. The molecule has 140 valence electrons. The Balaban J connectivity index is 1.78. The van der Waals surface area contributed by atoms with Crippen molar-refractivity contribution in [3.05, 3.63) is 58.9 Å². The maximum Gasteiger partial charge on any atom is 0.230 e. The van der Waals surface area contributed by atoms with E-state index in [2.05, 4.69) is 10.3 Å². The third-order valence-corrected chi connectivity index (χ3v) is 4.28. The highest BCUT2D eigenvalue weighted by molar-refractivity contribution is 6.32. The summed E-state index contributed by atoms with van der Waals surface area (Å²) in [5.74, 6) is 1.72. The summed E-state index contributed by atoms with van der Waals surface area (Å²) in [6, 6.07) is 12.7. The topological polar surface area (TPSA) is 73.6 Å². The highest BCUT2D eigenvalue weighted by Gasteiger charge is 2.17. The Morgan fingerprint density at radius 1 is 1.15 bits per heavy atom. The maximum absolute atomic E-state index is 12.5. The van der Waals surface area contributed by atoms with Gasteiger partial charge in [0.25, 0.3) is 0 Å². The first-order valence-electron chi connectivity index (χ1n) is 8.25. The van der Waals surface area contributed by atoms with Gasteiger partial charge in [0.05, 0.1) is 37.0 Å². The van der Waals surface area contributed by atoms with Gasteiger partial charge in [0.2, 0.25) is 11.8 Å². The Morgan fingerprint density at radius 2 is 1.85 bits per heavy atom. The Bertz CT molecular complexity index is 954. The molecule has 6 nitrogen and oxygen atoms in total. The number of carbonyl (C=O) groups is 1. The van der Waals surface area contributed by atoms with Crippen LogP contribution in [0.3, 0.4) is 0 Å². The number of ether oxygens (including phenoxy) is 2. The van der Waals surface area contributed by atoms with E-state index in [1.54, 1.807) is 19.1 Å². The number of methoxy groups -OCH3 is 2. The lowest BCUT2D eigenvalue weighted by molar-refractivity contribution is -0.115. The molecule has 0 saturated heterocycles. The van der Waals surface area contributed by atoms with Crippen molar-refractivity contribution in [2.75, 3.05) is 19.5 Å².